The topological polar surface area (TPSA) is 32.3 Å². The summed E-state index contributed by atoms with van der Waals surface area (Å²) in [5.74, 6) is 0. The van der Waals surface area contributed by atoms with Gasteiger partial charge < -0.3 is 10.4 Å². The summed E-state index contributed by atoms with van der Waals surface area (Å²) in [5, 5.41) is 13.2. The monoisotopic (exact) mass is 247 g/mol. The summed E-state index contributed by atoms with van der Waals surface area (Å²) in [7, 11) is 0. The largest absolute Gasteiger partial charge is 0.389 e. The minimum atomic E-state index is -0.601. The maximum Gasteiger partial charge on any atom is 0.0931 e. The first-order valence-electron chi connectivity index (χ1n) is 5.21. The zero-order chi connectivity index (χ0) is 11.3. The van der Waals surface area contributed by atoms with Crippen molar-refractivity contribution in [1.29, 1.82) is 0 Å². The molecule has 86 valence electrons. The maximum absolute atomic E-state index is 9.91. The number of rotatable bonds is 6. The van der Waals surface area contributed by atoms with E-state index in [4.69, 9.17) is 11.6 Å². The standard InChI is InChI=1S/C11H18ClNOS/c1-3-6-11(2,14)8-13-7-9-4-5-10(12)15-9/h4-5,13-14H,3,6-8H2,1-2H3. The van der Waals surface area contributed by atoms with E-state index in [0.29, 0.717) is 6.54 Å². The summed E-state index contributed by atoms with van der Waals surface area (Å²) < 4.78 is 0.812. The second-order valence-electron chi connectivity index (χ2n) is 4.06. The zero-order valence-electron chi connectivity index (χ0n) is 9.22. The van der Waals surface area contributed by atoms with Gasteiger partial charge in [0.05, 0.1) is 9.94 Å². The first-order chi connectivity index (χ1) is 7.03. The van der Waals surface area contributed by atoms with Crippen molar-refractivity contribution < 1.29 is 5.11 Å². The van der Waals surface area contributed by atoms with Crippen molar-refractivity contribution in [2.45, 2.75) is 38.8 Å². The number of aliphatic hydroxyl groups is 1. The first-order valence-corrected chi connectivity index (χ1v) is 6.40. The van der Waals surface area contributed by atoms with Crippen LogP contribution in [0.1, 0.15) is 31.6 Å². The molecule has 1 unspecified atom stereocenters. The molecule has 0 aliphatic rings. The van der Waals surface area contributed by atoms with Gasteiger partial charge in [0.1, 0.15) is 0 Å². The van der Waals surface area contributed by atoms with E-state index in [-0.39, 0.29) is 0 Å². The molecule has 0 aliphatic carbocycles. The summed E-state index contributed by atoms with van der Waals surface area (Å²) in [4.78, 5) is 1.20. The molecule has 0 bridgehead atoms. The van der Waals surface area contributed by atoms with Gasteiger partial charge in [0.15, 0.2) is 0 Å². The quantitative estimate of drug-likeness (QED) is 0.810. The molecule has 0 spiro atoms. The second kappa shape index (κ2) is 5.85. The van der Waals surface area contributed by atoms with E-state index in [0.717, 1.165) is 23.7 Å². The molecular formula is C11H18ClNOS. The average Bonchev–Trinajstić information content (AvgIpc) is 2.51. The van der Waals surface area contributed by atoms with Crippen LogP contribution < -0.4 is 5.32 Å². The Hall–Kier alpha value is -0.0900. The van der Waals surface area contributed by atoms with Crippen molar-refractivity contribution in [3.63, 3.8) is 0 Å². The van der Waals surface area contributed by atoms with Gasteiger partial charge in [-0.25, -0.2) is 0 Å². The highest BCUT2D eigenvalue weighted by molar-refractivity contribution is 7.16. The third-order valence-electron chi connectivity index (χ3n) is 2.22. The van der Waals surface area contributed by atoms with Gasteiger partial charge >= 0.3 is 0 Å². The molecule has 1 heterocycles. The molecule has 0 aromatic carbocycles. The minimum absolute atomic E-state index is 0.601. The van der Waals surface area contributed by atoms with E-state index in [1.54, 1.807) is 11.3 Å². The van der Waals surface area contributed by atoms with Gasteiger partial charge in [-0.1, -0.05) is 24.9 Å². The Labute approximate surface area is 100 Å². The van der Waals surface area contributed by atoms with Crippen LogP contribution in [0.4, 0.5) is 0 Å². The van der Waals surface area contributed by atoms with E-state index >= 15 is 0 Å². The molecule has 1 atom stereocenters. The molecule has 1 aromatic rings. The lowest BCUT2D eigenvalue weighted by Crippen LogP contribution is -2.37. The lowest BCUT2D eigenvalue weighted by molar-refractivity contribution is 0.0498. The van der Waals surface area contributed by atoms with E-state index in [1.165, 1.54) is 4.88 Å². The van der Waals surface area contributed by atoms with Gasteiger partial charge in [-0.05, 0) is 25.5 Å². The molecule has 0 aliphatic heterocycles. The fourth-order valence-corrected chi connectivity index (χ4v) is 2.59. The molecule has 0 amide bonds. The number of nitrogens with one attached hydrogen (secondary N) is 1. The highest BCUT2D eigenvalue weighted by Gasteiger charge is 2.17. The summed E-state index contributed by atoms with van der Waals surface area (Å²) in [6.45, 7) is 5.34. The summed E-state index contributed by atoms with van der Waals surface area (Å²) in [5.41, 5.74) is -0.601. The Morgan fingerprint density at radius 2 is 2.27 bits per heavy atom. The molecule has 0 saturated carbocycles. The van der Waals surface area contributed by atoms with Gasteiger partial charge in [0.2, 0.25) is 0 Å². The molecular weight excluding hydrogens is 230 g/mol. The Bertz CT molecular complexity index is 299. The van der Waals surface area contributed by atoms with Gasteiger partial charge in [-0.15, -0.1) is 11.3 Å². The Balaban J connectivity index is 2.27. The normalized spacial score (nSPS) is 15.2. The molecule has 0 fully saturated rings. The van der Waals surface area contributed by atoms with Crippen LogP contribution >= 0.6 is 22.9 Å². The van der Waals surface area contributed by atoms with Crippen LogP contribution in [0.25, 0.3) is 0 Å². The SMILES string of the molecule is CCCC(C)(O)CNCc1ccc(Cl)s1. The Morgan fingerprint density at radius 1 is 1.53 bits per heavy atom. The molecule has 4 heteroatoms. The zero-order valence-corrected chi connectivity index (χ0v) is 10.8. The summed E-state index contributed by atoms with van der Waals surface area (Å²) in [6.07, 6.45) is 1.82. The van der Waals surface area contributed by atoms with Gasteiger partial charge in [0, 0.05) is 18.0 Å². The molecule has 0 radical (unpaired) electrons. The molecule has 1 rings (SSSR count). The minimum Gasteiger partial charge on any atom is -0.389 e. The second-order valence-corrected chi connectivity index (χ2v) is 5.86. The lowest BCUT2D eigenvalue weighted by atomic mass is 10.0. The van der Waals surface area contributed by atoms with Crippen LogP contribution in [-0.2, 0) is 6.54 Å². The lowest BCUT2D eigenvalue weighted by Gasteiger charge is -2.22. The third kappa shape index (κ3) is 4.98. The smallest absolute Gasteiger partial charge is 0.0931 e. The highest BCUT2D eigenvalue weighted by Crippen LogP contribution is 2.21. The molecule has 2 N–H and O–H groups in total. The van der Waals surface area contributed by atoms with Gasteiger partial charge in [0.25, 0.3) is 0 Å². The molecule has 1 aromatic heterocycles. The number of thiophene rings is 1. The summed E-state index contributed by atoms with van der Waals surface area (Å²) >= 11 is 7.39. The van der Waals surface area contributed by atoms with E-state index in [9.17, 15) is 5.11 Å². The van der Waals surface area contributed by atoms with Crippen molar-refractivity contribution in [3.8, 4) is 0 Å². The van der Waals surface area contributed by atoms with Gasteiger partial charge in [-0.3, -0.25) is 0 Å². The number of halogens is 1. The Morgan fingerprint density at radius 3 is 2.80 bits per heavy atom. The maximum atomic E-state index is 9.91. The van der Waals surface area contributed by atoms with Crippen LogP contribution in [0, 0.1) is 0 Å². The van der Waals surface area contributed by atoms with Crippen LogP contribution in [-0.4, -0.2) is 17.3 Å². The molecule has 15 heavy (non-hydrogen) atoms. The van der Waals surface area contributed by atoms with Crippen molar-refractivity contribution in [1.82, 2.24) is 5.32 Å². The van der Waals surface area contributed by atoms with Crippen LogP contribution in [0.3, 0.4) is 0 Å². The number of hydrogen-bond acceptors (Lipinski definition) is 3. The van der Waals surface area contributed by atoms with Gasteiger partial charge in [-0.2, -0.15) is 0 Å². The van der Waals surface area contributed by atoms with E-state index in [1.807, 2.05) is 19.1 Å². The van der Waals surface area contributed by atoms with Crippen molar-refractivity contribution >= 4 is 22.9 Å². The van der Waals surface area contributed by atoms with E-state index < -0.39 is 5.60 Å². The predicted molar refractivity (Wildman–Crippen MR) is 66.6 cm³/mol. The van der Waals surface area contributed by atoms with Crippen LogP contribution in [0.5, 0.6) is 0 Å². The van der Waals surface area contributed by atoms with E-state index in [2.05, 4.69) is 12.2 Å². The molecule has 0 saturated heterocycles. The Kier molecular flexibility index (Phi) is 5.06. The summed E-state index contributed by atoms with van der Waals surface area (Å²) in [6, 6.07) is 3.90. The average molecular weight is 248 g/mol. The fourth-order valence-electron chi connectivity index (χ4n) is 1.53. The van der Waals surface area contributed by atoms with Crippen molar-refractivity contribution in [3.05, 3.63) is 21.3 Å². The van der Waals surface area contributed by atoms with Crippen molar-refractivity contribution in [2.24, 2.45) is 0 Å². The third-order valence-corrected chi connectivity index (χ3v) is 3.45. The highest BCUT2D eigenvalue weighted by atomic mass is 35.5. The number of hydrogen-bond donors (Lipinski definition) is 2. The predicted octanol–water partition coefficient (Wildman–Crippen LogP) is 3.04. The van der Waals surface area contributed by atoms with Crippen molar-refractivity contribution in [2.75, 3.05) is 6.54 Å². The fraction of sp³-hybridized carbons (Fsp3) is 0.636. The van der Waals surface area contributed by atoms with Crippen LogP contribution in [0.15, 0.2) is 12.1 Å². The van der Waals surface area contributed by atoms with Crippen LogP contribution in [0.2, 0.25) is 4.34 Å². The first kappa shape index (κ1) is 13.0. The molecule has 2 nitrogen and oxygen atoms in total.